The molecule has 0 saturated heterocycles. The molecule has 0 fully saturated rings. The van der Waals surface area contributed by atoms with Crippen LogP contribution in [-0.2, 0) is 0 Å². The minimum Gasteiger partial charge on any atom is -0.338 e. The Morgan fingerprint density at radius 3 is 2.84 bits per heavy atom. The SMILES string of the molecule is CCNC(=O)Nc1cn2nc(Sc3nnc4ccc(-c5nccc(=O)[nH]5)cn34)ccc2n1. The number of amides is 2. The van der Waals surface area contributed by atoms with Crippen molar-refractivity contribution in [3.63, 3.8) is 0 Å². The molecule has 0 unspecified atom stereocenters. The molecule has 2 amide bonds. The standard InChI is InChI=1S/C19H16N10O2S/c1-2-20-18(31)23-12-10-29-13(22-12)5-6-16(27-29)32-19-26-25-14-4-3-11(9-28(14)19)17-21-8-7-15(30)24-17/h3-10H,2H2,1H3,(H2,20,23,31)(H,21,24,30). The lowest BCUT2D eigenvalue weighted by Gasteiger charge is -2.03. The maximum Gasteiger partial charge on any atom is 0.320 e. The Balaban J connectivity index is 1.44. The van der Waals surface area contributed by atoms with Gasteiger partial charge in [0, 0.05) is 30.6 Å². The van der Waals surface area contributed by atoms with Gasteiger partial charge in [0.25, 0.3) is 5.56 Å². The summed E-state index contributed by atoms with van der Waals surface area (Å²) in [7, 11) is 0. The third-order valence-electron chi connectivity index (χ3n) is 4.39. The highest BCUT2D eigenvalue weighted by molar-refractivity contribution is 7.99. The van der Waals surface area contributed by atoms with E-state index in [9.17, 15) is 9.59 Å². The number of anilines is 1. The molecular formula is C19H16N10O2S. The Hall–Kier alpha value is -4.26. The predicted molar refractivity (Wildman–Crippen MR) is 117 cm³/mol. The minimum absolute atomic E-state index is 0.229. The van der Waals surface area contributed by atoms with E-state index in [-0.39, 0.29) is 11.6 Å². The van der Waals surface area contributed by atoms with Crippen molar-refractivity contribution < 1.29 is 4.79 Å². The fourth-order valence-electron chi connectivity index (χ4n) is 2.99. The van der Waals surface area contributed by atoms with Crippen molar-refractivity contribution in [2.24, 2.45) is 0 Å². The van der Waals surface area contributed by atoms with E-state index in [1.54, 1.807) is 33.4 Å². The molecule has 0 aliphatic heterocycles. The van der Waals surface area contributed by atoms with Crippen molar-refractivity contribution in [1.82, 2.24) is 44.5 Å². The van der Waals surface area contributed by atoms with Crippen molar-refractivity contribution in [3.8, 4) is 11.4 Å². The lowest BCUT2D eigenvalue weighted by atomic mass is 10.2. The first kappa shape index (κ1) is 19.7. The Bertz CT molecular complexity index is 1510. The molecule has 160 valence electrons. The van der Waals surface area contributed by atoms with Gasteiger partial charge < -0.3 is 10.3 Å². The summed E-state index contributed by atoms with van der Waals surface area (Å²) in [5.41, 5.74) is 1.73. The molecular weight excluding hydrogens is 432 g/mol. The zero-order valence-corrected chi connectivity index (χ0v) is 17.5. The van der Waals surface area contributed by atoms with Gasteiger partial charge in [-0.25, -0.2) is 19.3 Å². The lowest BCUT2D eigenvalue weighted by Crippen LogP contribution is -2.28. The van der Waals surface area contributed by atoms with Gasteiger partial charge in [-0.15, -0.1) is 10.2 Å². The fraction of sp³-hybridized carbons (Fsp3) is 0.105. The van der Waals surface area contributed by atoms with E-state index in [4.69, 9.17) is 0 Å². The number of aromatic nitrogens is 8. The van der Waals surface area contributed by atoms with Crippen LogP contribution in [0.3, 0.4) is 0 Å². The number of aromatic amines is 1. The Kier molecular flexibility index (Phi) is 4.99. The molecule has 0 atom stereocenters. The van der Waals surface area contributed by atoms with Gasteiger partial charge in [-0.3, -0.25) is 14.5 Å². The number of H-pyrrole nitrogens is 1. The molecule has 0 aliphatic rings. The Morgan fingerprint density at radius 1 is 1.12 bits per heavy atom. The molecule has 5 rings (SSSR count). The summed E-state index contributed by atoms with van der Waals surface area (Å²) in [6.07, 6.45) is 4.89. The monoisotopic (exact) mass is 448 g/mol. The topological polar surface area (TPSA) is 147 Å². The number of pyridine rings is 1. The summed E-state index contributed by atoms with van der Waals surface area (Å²) in [4.78, 5) is 34.6. The maximum atomic E-state index is 11.7. The summed E-state index contributed by atoms with van der Waals surface area (Å²) in [5, 5.41) is 19.5. The zero-order chi connectivity index (χ0) is 22.1. The lowest BCUT2D eigenvalue weighted by molar-refractivity contribution is 0.252. The van der Waals surface area contributed by atoms with Crippen molar-refractivity contribution in [2.75, 3.05) is 11.9 Å². The molecule has 0 aromatic carbocycles. The molecule has 0 bridgehead atoms. The highest BCUT2D eigenvalue weighted by Gasteiger charge is 2.12. The number of carbonyl (C=O) groups excluding carboxylic acids is 1. The van der Waals surface area contributed by atoms with Crippen LogP contribution >= 0.6 is 11.8 Å². The molecule has 5 aromatic rings. The summed E-state index contributed by atoms with van der Waals surface area (Å²) in [6.45, 7) is 2.35. The molecule has 5 heterocycles. The average Bonchev–Trinajstić information content (AvgIpc) is 3.36. The second kappa shape index (κ2) is 8.11. The zero-order valence-electron chi connectivity index (χ0n) is 16.7. The van der Waals surface area contributed by atoms with E-state index in [0.29, 0.717) is 39.7 Å². The summed E-state index contributed by atoms with van der Waals surface area (Å²) in [6, 6.07) is 8.25. The van der Waals surface area contributed by atoms with Crippen LogP contribution in [0.5, 0.6) is 0 Å². The van der Waals surface area contributed by atoms with E-state index in [0.717, 1.165) is 5.56 Å². The second-order valence-corrected chi connectivity index (χ2v) is 7.59. The first-order chi connectivity index (χ1) is 15.6. The number of urea groups is 1. The Labute approximate surface area is 184 Å². The van der Waals surface area contributed by atoms with Gasteiger partial charge in [-0.2, -0.15) is 5.10 Å². The highest BCUT2D eigenvalue weighted by atomic mass is 32.2. The number of nitrogens with zero attached hydrogens (tertiary/aromatic N) is 7. The smallest absolute Gasteiger partial charge is 0.320 e. The first-order valence-electron chi connectivity index (χ1n) is 9.58. The van der Waals surface area contributed by atoms with Crippen molar-refractivity contribution in [2.45, 2.75) is 17.1 Å². The van der Waals surface area contributed by atoms with E-state index < -0.39 is 0 Å². The number of hydrogen-bond donors (Lipinski definition) is 3. The van der Waals surface area contributed by atoms with Crippen LogP contribution in [0.4, 0.5) is 10.6 Å². The summed E-state index contributed by atoms with van der Waals surface area (Å²) in [5.74, 6) is 0.849. The molecule has 0 saturated carbocycles. The fourth-order valence-corrected chi connectivity index (χ4v) is 3.77. The van der Waals surface area contributed by atoms with E-state index in [2.05, 4.69) is 40.9 Å². The van der Waals surface area contributed by atoms with Crippen LogP contribution in [0.15, 0.2) is 63.9 Å². The van der Waals surface area contributed by atoms with Gasteiger partial charge in [-0.05, 0) is 43.0 Å². The molecule has 12 nitrogen and oxygen atoms in total. The summed E-state index contributed by atoms with van der Waals surface area (Å²) >= 11 is 1.31. The number of fused-ring (bicyclic) bond motifs is 2. The third kappa shape index (κ3) is 3.88. The molecule has 0 spiro atoms. The number of nitrogens with one attached hydrogen (secondary N) is 3. The third-order valence-corrected chi connectivity index (χ3v) is 5.27. The number of hydrogen-bond acceptors (Lipinski definition) is 8. The summed E-state index contributed by atoms with van der Waals surface area (Å²) < 4.78 is 3.38. The van der Waals surface area contributed by atoms with E-state index >= 15 is 0 Å². The minimum atomic E-state index is -0.328. The number of imidazole rings is 1. The van der Waals surface area contributed by atoms with E-state index in [1.807, 2.05) is 19.1 Å². The van der Waals surface area contributed by atoms with Crippen molar-refractivity contribution in [3.05, 3.63) is 59.3 Å². The molecule has 13 heteroatoms. The van der Waals surface area contributed by atoms with E-state index in [1.165, 1.54) is 24.0 Å². The predicted octanol–water partition coefficient (Wildman–Crippen LogP) is 1.81. The van der Waals surface area contributed by atoms with Crippen molar-refractivity contribution in [1.29, 1.82) is 0 Å². The van der Waals surface area contributed by atoms with Gasteiger partial charge in [0.15, 0.2) is 17.1 Å². The van der Waals surface area contributed by atoms with Crippen molar-refractivity contribution >= 4 is 34.9 Å². The molecule has 0 aliphatic carbocycles. The van der Waals surface area contributed by atoms with Gasteiger partial charge >= 0.3 is 6.03 Å². The van der Waals surface area contributed by atoms with Gasteiger partial charge in [0.1, 0.15) is 10.9 Å². The quantitative estimate of drug-likeness (QED) is 0.369. The van der Waals surface area contributed by atoms with Gasteiger partial charge in [-0.1, -0.05) is 0 Å². The van der Waals surface area contributed by atoms with Crippen LogP contribution in [0.1, 0.15) is 6.92 Å². The molecule has 3 N–H and O–H groups in total. The maximum absolute atomic E-state index is 11.7. The van der Waals surface area contributed by atoms with Gasteiger partial charge in [0.2, 0.25) is 5.16 Å². The first-order valence-corrected chi connectivity index (χ1v) is 10.4. The Morgan fingerprint density at radius 2 is 2.00 bits per heavy atom. The largest absolute Gasteiger partial charge is 0.338 e. The van der Waals surface area contributed by atoms with Gasteiger partial charge in [0.05, 0.1) is 6.20 Å². The molecule has 0 radical (unpaired) electrons. The molecule has 5 aromatic heterocycles. The van der Waals surface area contributed by atoms with Crippen LogP contribution in [0, 0.1) is 0 Å². The highest BCUT2D eigenvalue weighted by Crippen LogP contribution is 2.26. The number of rotatable bonds is 5. The van der Waals surface area contributed by atoms with Crippen LogP contribution in [0.25, 0.3) is 22.7 Å². The average molecular weight is 448 g/mol. The molecule has 32 heavy (non-hydrogen) atoms. The normalized spacial score (nSPS) is 11.2. The van der Waals surface area contributed by atoms with Crippen LogP contribution < -0.4 is 16.2 Å². The van der Waals surface area contributed by atoms with Crippen LogP contribution in [-0.4, -0.2) is 51.7 Å². The second-order valence-electron chi connectivity index (χ2n) is 6.60. The number of carbonyl (C=O) groups is 1. The van der Waals surface area contributed by atoms with Crippen LogP contribution in [0.2, 0.25) is 0 Å².